The first-order valence-electron chi connectivity index (χ1n) is 9.49. The van der Waals surface area contributed by atoms with E-state index in [4.69, 9.17) is 17.3 Å². The van der Waals surface area contributed by atoms with Crippen molar-refractivity contribution in [2.45, 2.75) is 6.92 Å². The highest BCUT2D eigenvalue weighted by molar-refractivity contribution is 6.35. The van der Waals surface area contributed by atoms with Crippen molar-refractivity contribution in [3.8, 4) is 0 Å². The zero-order chi connectivity index (χ0) is 22.4. The molecule has 0 aliphatic rings. The Balaban J connectivity index is 1.85. The number of nitrogens with one attached hydrogen (secondary N) is 2. The van der Waals surface area contributed by atoms with Crippen LogP contribution in [0, 0.1) is 12.7 Å². The van der Waals surface area contributed by atoms with Gasteiger partial charge in [-0.05, 0) is 66.6 Å². The van der Waals surface area contributed by atoms with Crippen molar-refractivity contribution >= 4 is 40.7 Å². The van der Waals surface area contributed by atoms with Gasteiger partial charge in [-0.15, -0.1) is 0 Å². The van der Waals surface area contributed by atoms with Crippen molar-refractivity contribution in [1.82, 2.24) is 5.32 Å². The molecular formula is C24H21ClFN3O2. The lowest BCUT2D eigenvalue weighted by Crippen LogP contribution is -2.12. The van der Waals surface area contributed by atoms with Crippen molar-refractivity contribution in [1.29, 1.82) is 0 Å². The largest absolute Gasteiger partial charge is 0.397 e. The third-order valence-corrected chi connectivity index (χ3v) is 4.93. The molecule has 3 aromatic carbocycles. The molecule has 0 saturated carbocycles. The number of anilines is 2. The third kappa shape index (κ3) is 5.49. The van der Waals surface area contributed by atoms with E-state index in [0.29, 0.717) is 33.8 Å². The van der Waals surface area contributed by atoms with Gasteiger partial charge in [-0.25, -0.2) is 4.39 Å². The van der Waals surface area contributed by atoms with Crippen molar-refractivity contribution in [3.05, 3.63) is 100.0 Å². The molecule has 31 heavy (non-hydrogen) atoms. The average molecular weight is 438 g/mol. The van der Waals surface area contributed by atoms with Crippen LogP contribution in [0.25, 0.3) is 5.70 Å². The zero-order valence-electron chi connectivity index (χ0n) is 16.8. The number of halogens is 2. The molecule has 0 amide bonds. The molecule has 5 nitrogen and oxygen atoms in total. The summed E-state index contributed by atoms with van der Waals surface area (Å²) in [5.41, 5.74) is 10.1. The first-order valence-corrected chi connectivity index (χ1v) is 9.87. The van der Waals surface area contributed by atoms with Gasteiger partial charge >= 0.3 is 0 Å². The van der Waals surface area contributed by atoms with Gasteiger partial charge in [-0.1, -0.05) is 23.7 Å². The van der Waals surface area contributed by atoms with Gasteiger partial charge in [-0.3, -0.25) is 4.79 Å². The van der Waals surface area contributed by atoms with Crippen LogP contribution in [-0.4, -0.2) is 18.6 Å². The maximum absolute atomic E-state index is 13.2. The van der Waals surface area contributed by atoms with Gasteiger partial charge in [-0.2, -0.15) is 0 Å². The standard InChI is InChI=1S/C24H21ClFN3O2/c1-15-2-3-16(23(27)14-28-10-11-30)12-21(15)24(31)20-9-8-19(13-22(20)25)29-18-6-4-17(26)5-7-18/h2-9,11-14,28-29H,10,27H2,1H3/b23-14-. The number of nitrogens with two attached hydrogens (primary N) is 1. The minimum absolute atomic E-state index is 0.145. The zero-order valence-corrected chi connectivity index (χ0v) is 17.5. The molecule has 7 heteroatoms. The second-order valence-corrected chi connectivity index (χ2v) is 7.27. The summed E-state index contributed by atoms with van der Waals surface area (Å²) in [7, 11) is 0. The van der Waals surface area contributed by atoms with Gasteiger partial charge in [0, 0.05) is 28.7 Å². The lowest BCUT2D eigenvalue weighted by atomic mass is 9.96. The monoisotopic (exact) mass is 437 g/mol. The number of ketones is 1. The lowest BCUT2D eigenvalue weighted by molar-refractivity contribution is -0.107. The van der Waals surface area contributed by atoms with Crippen molar-refractivity contribution in [2.75, 3.05) is 11.9 Å². The van der Waals surface area contributed by atoms with E-state index in [1.54, 1.807) is 48.5 Å². The first kappa shape index (κ1) is 22.1. The molecule has 4 N–H and O–H groups in total. The number of aldehydes is 1. The Hall–Kier alpha value is -3.64. The Morgan fingerprint density at radius 1 is 1.03 bits per heavy atom. The van der Waals surface area contributed by atoms with E-state index in [0.717, 1.165) is 11.8 Å². The van der Waals surface area contributed by atoms with Crippen LogP contribution < -0.4 is 16.4 Å². The van der Waals surface area contributed by atoms with E-state index in [9.17, 15) is 14.0 Å². The van der Waals surface area contributed by atoms with Crippen LogP contribution in [0.1, 0.15) is 27.0 Å². The van der Waals surface area contributed by atoms with Crippen molar-refractivity contribution in [3.63, 3.8) is 0 Å². The van der Waals surface area contributed by atoms with Crippen LogP contribution in [0.3, 0.4) is 0 Å². The second-order valence-electron chi connectivity index (χ2n) is 6.86. The summed E-state index contributed by atoms with van der Waals surface area (Å²) < 4.78 is 13.1. The molecule has 3 rings (SSSR count). The lowest BCUT2D eigenvalue weighted by Gasteiger charge is -2.12. The van der Waals surface area contributed by atoms with Crippen LogP contribution in [0.2, 0.25) is 5.02 Å². The van der Waals surface area contributed by atoms with Gasteiger partial charge in [0.15, 0.2) is 5.78 Å². The molecule has 0 saturated heterocycles. The molecule has 0 fully saturated rings. The Labute approximate surface area is 184 Å². The Bertz CT molecular complexity index is 1140. The summed E-state index contributed by atoms with van der Waals surface area (Å²) >= 11 is 6.40. The predicted molar refractivity (Wildman–Crippen MR) is 122 cm³/mol. The minimum atomic E-state index is -0.322. The molecule has 158 valence electrons. The SMILES string of the molecule is Cc1ccc(/C(N)=C/NCC=O)cc1C(=O)c1ccc(Nc2ccc(F)cc2)cc1Cl. The van der Waals surface area contributed by atoms with E-state index >= 15 is 0 Å². The second kappa shape index (κ2) is 9.91. The van der Waals surface area contributed by atoms with Gasteiger partial charge in [0.25, 0.3) is 0 Å². The van der Waals surface area contributed by atoms with Crippen molar-refractivity contribution in [2.24, 2.45) is 5.73 Å². The summed E-state index contributed by atoms with van der Waals surface area (Å²) in [5.74, 6) is -0.552. The van der Waals surface area contributed by atoms with Crippen LogP contribution in [0.15, 0.2) is 66.9 Å². The molecular weight excluding hydrogens is 417 g/mol. The Kier molecular flexibility index (Phi) is 7.05. The summed E-state index contributed by atoms with van der Waals surface area (Å²) in [5, 5.41) is 6.19. The fourth-order valence-corrected chi connectivity index (χ4v) is 3.23. The fraction of sp³-hybridized carbons (Fsp3) is 0.0833. The highest BCUT2D eigenvalue weighted by Crippen LogP contribution is 2.27. The molecule has 0 aliphatic heterocycles. The molecule has 0 heterocycles. The summed E-state index contributed by atoms with van der Waals surface area (Å²) in [6.07, 6.45) is 2.25. The van der Waals surface area contributed by atoms with E-state index in [1.807, 2.05) is 6.92 Å². The van der Waals surface area contributed by atoms with Gasteiger partial charge in [0.2, 0.25) is 0 Å². The van der Waals surface area contributed by atoms with Crippen molar-refractivity contribution < 1.29 is 14.0 Å². The van der Waals surface area contributed by atoms with E-state index in [1.165, 1.54) is 18.3 Å². The van der Waals surface area contributed by atoms with Crippen LogP contribution in [-0.2, 0) is 4.79 Å². The molecule has 0 spiro atoms. The Morgan fingerprint density at radius 3 is 2.42 bits per heavy atom. The van der Waals surface area contributed by atoms with Crippen LogP contribution >= 0.6 is 11.6 Å². The van der Waals surface area contributed by atoms with Gasteiger partial charge in [0.05, 0.1) is 17.3 Å². The van der Waals surface area contributed by atoms with Gasteiger partial charge < -0.3 is 21.2 Å². The summed E-state index contributed by atoms with van der Waals surface area (Å²) in [6, 6.07) is 16.3. The van der Waals surface area contributed by atoms with Crippen LogP contribution in [0.5, 0.6) is 0 Å². The summed E-state index contributed by atoms with van der Waals surface area (Å²) in [4.78, 5) is 23.6. The smallest absolute Gasteiger partial charge is 0.194 e. The Morgan fingerprint density at radius 2 is 1.74 bits per heavy atom. The molecule has 3 aromatic rings. The van der Waals surface area contributed by atoms with E-state index in [-0.39, 0.29) is 23.2 Å². The maximum Gasteiger partial charge on any atom is 0.194 e. The first-order chi connectivity index (χ1) is 14.9. The molecule has 0 unspecified atom stereocenters. The average Bonchev–Trinajstić information content (AvgIpc) is 2.75. The fourth-order valence-electron chi connectivity index (χ4n) is 2.97. The topological polar surface area (TPSA) is 84.2 Å². The third-order valence-electron chi connectivity index (χ3n) is 4.62. The molecule has 0 aromatic heterocycles. The highest BCUT2D eigenvalue weighted by atomic mass is 35.5. The number of aryl methyl sites for hydroxylation is 1. The van der Waals surface area contributed by atoms with E-state index in [2.05, 4.69) is 10.6 Å². The molecule has 0 bridgehead atoms. The molecule has 0 radical (unpaired) electrons. The highest BCUT2D eigenvalue weighted by Gasteiger charge is 2.16. The number of rotatable bonds is 8. The number of carbonyl (C=O) groups is 2. The molecule has 0 aliphatic carbocycles. The number of benzene rings is 3. The number of hydrogen-bond donors (Lipinski definition) is 3. The quantitative estimate of drug-likeness (QED) is 0.267. The van der Waals surface area contributed by atoms with E-state index < -0.39 is 0 Å². The minimum Gasteiger partial charge on any atom is -0.397 e. The number of hydrogen-bond acceptors (Lipinski definition) is 5. The predicted octanol–water partition coefficient (Wildman–Crippen LogP) is 4.81. The van der Waals surface area contributed by atoms with Gasteiger partial charge in [0.1, 0.15) is 12.1 Å². The maximum atomic E-state index is 13.2. The van der Waals surface area contributed by atoms with Crippen LogP contribution in [0.4, 0.5) is 15.8 Å². The molecule has 0 atom stereocenters. The summed E-state index contributed by atoms with van der Waals surface area (Å²) in [6.45, 7) is 1.98. The number of carbonyl (C=O) groups excluding carboxylic acids is 2. The normalized spacial score (nSPS) is 11.1.